The molecule has 0 bridgehead atoms. The van der Waals surface area contributed by atoms with Gasteiger partial charge in [-0.2, -0.15) is 5.10 Å². The summed E-state index contributed by atoms with van der Waals surface area (Å²) >= 11 is 0. The minimum atomic E-state index is -0.202. The van der Waals surface area contributed by atoms with E-state index in [4.69, 9.17) is 0 Å². The number of carbonyl (C=O) groups excluding carboxylic acids is 1. The molecular formula is C22H27N3O. The third-order valence-corrected chi connectivity index (χ3v) is 5.43. The Morgan fingerprint density at radius 2 is 1.96 bits per heavy atom. The summed E-state index contributed by atoms with van der Waals surface area (Å²) < 4.78 is 0. The van der Waals surface area contributed by atoms with Gasteiger partial charge in [0.2, 0.25) is 0 Å². The number of amides is 1. The Morgan fingerprint density at radius 3 is 2.65 bits per heavy atom. The van der Waals surface area contributed by atoms with E-state index >= 15 is 0 Å². The van der Waals surface area contributed by atoms with Crippen molar-refractivity contribution >= 4 is 17.8 Å². The van der Waals surface area contributed by atoms with Crippen LogP contribution in [0.15, 0.2) is 47.6 Å². The maximum atomic E-state index is 12.1. The molecule has 2 aromatic carbocycles. The number of fused-ring (bicyclic) bond motifs is 1. The van der Waals surface area contributed by atoms with Crippen LogP contribution in [-0.4, -0.2) is 24.7 Å². The highest BCUT2D eigenvalue weighted by atomic mass is 16.2. The molecule has 1 atom stereocenters. The second kappa shape index (κ2) is 6.94. The van der Waals surface area contributed by atoms with Gasteiger partial charge in [-0.25, -0.2) is 5.43 Å². The number of hydrogen-bond donors (Lipinski definition) is 1. The summed E-state index contributed by atoms with van der Waals surface area (Å²) in [6, 6.07) is 13.5. The fraction of sp³-hybridized carbons (Fsp3) is 0.364. The fourth-order valence-corrected chi connectivity index (χ4v) is 3.69. The number of benzene rings is 2. The predicted octanol–water partition coefficient (Wildman–Crippen LogP) is 4.48. The summed E-state index contributed by atoms with van der Waals surface area (Å²) in [5.41, 5.74) is 8.18. The van der Waals surface area contributed by atoms with Crippen LogP contribution in [0.4, 0.5) is 5.69 Å². The Balaban J connectivity index is 1.82. The number of rotatable bonds is 3. The Bertz CT molecular complexity index is 840. The van der Waals surface area contributed by atoms with Crippen molar-refractivity contribution < 1.29 is 4.79 Å². The van der Waals surface area contributed by atoms with Crippen LogP contribution in [0.1, 0.15) is 60.2 Å². The van der Waals surface area contributed by atoms with Gasteiger partial charge >= 0.3 is 0 Å². The molecule has 4 nitrogen and oxygen atoms in total. The van der Waals surface area contributed by atoms with Gasteiger partial charge in [0.25, 0.3) is 5.91 Å². The maximum absolute atomic E-state index is 12.1. The molecule has 0 aliphatic carbocycles. The Kier molecular flexibility index (Phi) is 4.86. The smallest absolute Gasteiger partial charge is 0.271 e. The van der Waals surface area contributed by atoms with Gasteiger partial charge in [0.15, 0.2) is 0 Å². The third kappa shape index (κ3) is 3.50. The number of anilines is 1. The first kappa shape index (κ1) is 18.2. The van der Waals surface area contributed by atoms with Crippen LogP contribution in [0, 0.1) is 6.92 Å². The quantitative estimate of drug-likeness (QED) is 0.656. The van der Waals surface area contributed by atoms with Crippen molar-refractivity contribution in [3.05, 3.63) is 64.7 Å². The lowest BCUT2D eigenvalue weighted by atomic mass is 9.79. The number of carbonyl (C=O) groups is 1. The zero-order chi connectivity index (χ0) is 18.9. The molecular weight excluding hydrogens is 322 g/mol. The molecule has 2 aromatic rings. The number of nitrogens with zero attached hydrogens (tertiary/aromatic N) is 2. The van der Waals surface area contributed by atoms with E-state index in [0.29, 0.717) is 11.5 Å². The van der Waals surface area contributed by atoms with Crippen molar-refractivity contribution in [2.75, 3.05) is 11.9 Å². The lowest BCUT2D eigenvalue weighted by Gasteiger charge is -2.45. The average Bonchev–Trinajstić information content (AvgIpc) is 2.61. The van der Waals surface area contributed by atoms with E-state index in [9.17, 15) is 4.79 Å². The fourth-order valence-electron chi connectivity index (χ4n) is 3.69. The van der Waals surface area contributed by atoms with Crippen LogP contribution in [0.5, 0.6) is 0 Å². The van der Waals surface area contributed by atoms with Crippen molar-refractivity contribution in [3.63, 3.8) is 0 Å². The van der Waals surface area contributed by atoms with E-state index in [-0.39, 0.29) is 11.4 Å². The van der Waals surface area contributed by atoms with Gasteiger partial charge in [-0.3, -0.25) is 4.79 Å². The Hall–Kier alpha value is -2.62. The van der Waals surface area contributed by atoms with E-state index < -0.39 is 0 Å². The van der Waals surface area contributed by atoms with E-state index in [0.717, 1.165) is 17.5 Å². The van der Waals surface area contributed by atoms with Gasteiger partial charge in [-0.15, -0.1) is 0 Å². The Labute approximate surface area is 155 Å². The minimum Gasteiger partial charge on any atom is -0.369 e. The molecule has 0 radical (unpaired) electrons. The van der Waals surface area contributed by atoms with Gasteiger partial charge < -0.3 is 4.90 Å². The molecule has 1 aliphatic rings. The molecule has 3 rings (SSSR count). The highest BCUT2D eigenvalue weighted by Gasteiger charge is 2.34. The van der Waals surface area contributed by atoms with E-state index in [1.54, 1.807) is 18.3 Å². The van der Waals surface area contributed by atoms with Crippen molar-refractivity contribution in [2.24, 2.45) is 5.10 Å². The number of nitrogens with one attached hydrogen (secondary N) is 1. The average molecular weight is 349 g/mol. The molecule has 1 unspecified atom stereocenters. The summed E-state index contributed by atoms with van der Waals surface area (Å²) in [5, 5.41) is 4.16. The zero-order valence-electron chi connectivity index (χ0n) is 16.2. The molecule has 1 N–H and O–H groups in total. The lowest BCUT2D eigenvalue weighted by Crippen LogP contribution is -2.45. The lowest BCUT2D eigenvalue weighted by molar-refractivity contribution is 0.0955. The van der Waals surface area contributed by atoms with Crippen molar-refractivity contribution in [1.82, 2.24) is 5.43 Å². The van der Waals surface area contributed by atoms with Gasteiger partial charge in [0, 0.05) is 23.8 Å². The highest BCUT2D eigenvalue weighted by molar-refractivity contribution is 5.95. The molecule has 136 valence electrons. The van der Waals surface area contributed by atoms with Crippen molar-refractivity contribution in [1.29, 1.82) is 0 Å². The second-order valence-electron chi connectivity index (χ2n) is 7.81. The number of hydrazone groups is 1. The van der Waals surface area contributed by atoms with E-state index in [1.165, 1.54) is 11.3 Å². The highest BCUT2D eigenvalue weighted by Crippen LogP contribution is 2.43. The molecule has 0 fully saturated rings. The second-order valence-corrected chi connectivity index (χ2v) is 7.81. The summed E-state index contributed by atoms with van der Waals surface area (Å²) in [4.78, 5) is 14.5. The van der Waals surface area contributed by atoms with Gasteiger partial charge in [0.05, 0.1) is 6.21 Å². The number of aryl methyl sites for hydroxylation is 1. The molecule has 0 aromatic heterocycles. The molecule has 1 amide bonds. The summed E-state index contributed by atoms with van der Waals surface area (Å²) in [6.45, 7) is 8.94. The molecule has 1 aliphatic heterocycles. The van der Waals surface area contributed by atoms with Gasteiger partial charge in [0.1, 0.15) is 0 Å². The maximum Gasteiger partial charge on any atom is 0.271 e. The van der Waals surface area contributed by atoms with Crippen LogP contribution >= 0.6 is 0 Å². The van der Waals surface area contributed by atoms with Gasteiger partial charge in [-0.05, 0) is 74.1 Å². The monoisotopic (exact) mass is 349 g/mol. The van der Waals surface area contributed by atoms with Crippen LogP contribution in [-0.2, 0) is 0 Å². The predicted molar refractivity (Wildman–Crippen MR) is 108 cm³/mol. The summed E-state index contributed by atoms with van der Waals surface area (Å²) in [6.07, 6.45) is 2.85. The summed E-state index contributed by atoms with van der Waals surface area (Å²) in [7, 11) is 2.16. The molecule has 0 saturated heterocycles. The topological polar surface area (TPSA) is 44.7 Å². The normalized spacial score (nSPS) is 18.7. The van der Waals surface area contributed by atoms with E-state index in [2.05, 4.69) is 62.3 Å². The zero-order valence-corrected chi connectivity index (χ0v) is 16.2. The molecule has 1 heterocycles. The van der Waals surface area contributed by atoms with Crippen LogP contribution in [0.3, 0.4) is 0 Å². The molecule has 0 saturated carbocycles. The molecule has 26 heavy (non-hydrogen) atoms. The SMILES string of the molecule is Cc1cc2c(cc1/C=N\NC(=O)c1ccccc1)C(C)CC(C)(C)N2C. The van der Waals surface area contributed by atoms with Crippen LogP contribution < -0.4 is 10.3 Å². The first-order chi connectivity index (χ1) is 12.3. The molecule has 0 spiro atoms. The Morgan fingerprint density at radius 1 is 1.27 bits per heavy atom. The summed E-state index contributed by atoms with van der Waals surface area (Å²) in [5.74, 6) is 0.287. The van der Waals surface area contributed by atoms with Crippen LogP contribution in [0.2, 0.25) is 0 Å². The van der Waals surface area contributed by atoms with E-state index in [1.807, 2.05) is 18.2 Å². The first-order valence-electron chi connectivity index (χ1n) is 9.06. The van der Waals surface area contributed by atoms with Crippen molar-refractivity contribution in [2.45, 2.75) is 45.6 Å². The standard InChI is InChI=1S/C22H27N3O/c1-15-11-20-19(16(2)13-22(3,4)25(20)5)12-18(15)14-23-24-21(26)17-9-7-6-8-10-17/h6-12,14,16H,13H2,1-5H3,(H,24,26)/b23-14-. The molecule has 4 heteroatoms. The largest absolute Gasteiger partial charge is 0.369 e. The van der Waals surface area contributed by atoms with Crippen LogP contribution in [0.25, 0.3) is 0 Å². The first-order valence-corrected chi connectivity index (χ1v) is 9.06. The van der Waals surface area contributed by atoms with Gasteiger partial charge in [-0.1, -0.05) is 25.1 Å². The number of hydrogen-bond acceptors (Lipinski definition) is 3. The third-order valence-electron chi connectivity index (χ3n) is 5.43. The minimum absolute atomic E-state index is 0.151. The van der Waals surface area contributed by atoms with Crippen molar-refractivity contribution in [3.8, 4) is 0 Å².